The first kappa shape index (κ1) is 19.1. The Kier molecular flexibility index (Phi) is 5.06. The number of anilines is 1. The monoisotopic (exact) mass is 429 g/mol. The molecule has 7 heteroatoms. The van der Waals surface area contributed by atoms with E-state index >= 15 is 0 Å². The number of hydrogen-bond acceptors (Lipinski definition) is 3. The first-order chi connectivity index (χ1) is 12.7. The van der Waals surface area contributed by atoms with Gasteiger partial charge in [0.25, 0.3) is 5.91 Å². The van der Waals surface area contributed by atoms with Crippen molar-refractivity contribution in [2.24, 2.45) is 0 Å². The van der Waals surface area contributed by atoms with E-state index in [4.69, 9.17) is 0 Å². The second kappa shape index (κ2) is 7.15. The molecule has 3 rings (SSSR count). The van der Waals surface area contributed by atoms with Gasteiger partial charge >= 0.3 is 6.03 Å². The molecule has 0 spiro atoms. The Bertz CT molecular complexity index is 927. The van der Waals surface area contributed by atoms with Gasteiger partial charge in [-0.15, -0.1) is 0 Å². The minimum atomic E-state index is -1.18. The predicted octanol–water partition coefficient (Wildman–Crippen LogP) is 3.47. The van der Waals surface area contributed by atoms with Gasteiger partial charge in [0.05, 0.1) is 0 Å². The number of imide groups is 1. The largest absolute Gasteiger partial charge is 0.325 e. The molecular formula is C20H20BrN3O3. The molecule has 1 aliphatic rings. The van der Waals surface area contributed by atoms with E-state index in [9.17, 15) is 14.4 Å². The zero-order chi connectivity index (χ0) is 19.8. The lowest BCUT2D eigenvalue weighted by atomic mass is 9.91. The second-order valence-electron chi connectivity index (χ2n) is 6.82. The highest BCUT2D eigenvalue weighted by atomic mass is 79.9. The van der Waals surface area contributed by atoms with Crippen molar-refractivity contribution in [1.29, 1.82) is 0 Å². The summed E-state index contributed by atoms with van der Waals surface area (Å²) in [5, 5.41) is 5.42. The molecule has 0 saturated carbocycles. The SMILES string of the molecule is Cc1ccc(C2(C)NC(=O)N(CC(=O)Nc3ccc(Br)c(C)c3)C2=O)cc1. The highest BCUT2D eigenvalue weighted by Gasteiger charge is 2.49. The van der Waals surface area contributed by atoms with E-state index in [1.54, 1.807) is 13.0 Å². The third-order valence-corrected chi connectivity index (χ3v) is 5.54. The molecule has 2 N–H and O–H groups in total. The Balaban J connectivity index is 1.74. The number of urea groups is 1. The maximum absolute atomic E-state index is 12.9. The standard InChI is InChI=1S/C20H20BrN3O3/c1-12-4-6-14(7-5-12)20(3)18(26)24(19(27)23-20)11-17(25)22-15-8-9-16(21)13(2)10-15/h4-10H,11H2,1-3H3,(H,22,25)(H,23,27). The number of nitrogens with one attached hydrogen (secondary N) is 2. The summed E-state index contributed by atoms with van der Waals surface area (Å²) in [4.78, 5) is 38.5. The number of amides is 4. The first-order valence-corrected chi connectivity index (χ1v) is 9.27. The van der Waals surface area contributed by atoms with Gasteiger partial charge in [-0.1, -0.05) is 45.8 Å². The maximum atomic E-state index is 12.9. The van der Waals surface area contributed by atoms with Gasteiger partial charge in [0.2, 0.25) is 5.91 Å². The Hall–Kier alpha value is -2.67. The first-order valence-electron chi connectivity index (χ1n) is 8.48. The van der Waals surface area contributed by atoms with Crippen LogP contribution in [0.15, 0.2) is 46.9 Å². The van der Waals surface area contributed by atoms with Crippen molar-refractivity contribution in [3.05, 3.63) is 63.6 Å². The van der Waals surface area contributed by atoms with Crippen LogP contribution in [0.4, 0.5) is 10.5 Å². The minimum Gasteiger partial charge on any atom is -0.325 e. The molecule has 4 amide bonds. The number of aryl methyl sites for hydroxylation is 2. The number of rotatable bonds is 4. The molecule has 2 aromatic rings. The van der Waals surface area contributed by atoms with E-state index in [2.05, 4.69) is 26.6 Å². The molecule has 140 valence electrons. The highest BCUT2D eigenvalue weighted by molar-refractivity contribution is 9.10. The van der Waals surface area contributed by atoms with E-state index in [1.807, 2.05) is 50.2 Å². The number of halogens is 1. The van der Waals surface area contributed by atoms with Crippen molar-refractivity contribution in [1.82, 2.24) is 10.2 Å². The third-order valence-electron chi connectivity index (χ3n) is 4.65. The van der Waals surface area contributed by atoms with Crippen LogP contribution in [0.2, 0.25) is 0 Å². The molecule has 27 heavy (non-hydrogen) atoms. The molecule has 0 aromatic heterocycles. The van der Waals surface area contributed by atoms with Gasteiger partial charge in [-0.3, -0.25) is 14.5 Å². The highest BCUT2D eigenvalue weighted by Crippen LogP contribution is 2.29. The third kappa shape index (κ3) is 3.73. The fourth-order valence-electron chi connectivity index (χ4n) is 2.99. The molecule has 1 fully saturated rings. The lowest BCUT2D eigenvalue weighted by Crippen LogP contribution is -2.42. The average Bonchev–Trinajstić information content (AvgIpc) is 2.83. The van der Waals surface area contributed by atoms with E-state index in [1.165, 1.54) is 0 Å². The fourth-order valence-corrected chi connectivity index (χ4v) is 3.24. The number of benzene rings is 2. The summed E-state index contributed by atoms with van der Waals surface area (Å²) in [7, 11) is 0. The van der Waals surface area contributed by atoms with Crippen LogP contribution in [0, 0.1) is 13.8 Å². The van der Waals surface area contributed by atoms with Crippen LogP contribution in [-0.4, -0.2) is 29.3 Å². The quantitative estimate of drug-likeness (QED) is 0.730. The lowest BCUT2D eigenvalue weighted by molar-refractivity contribution is -0.133. The molecule has 6 nitrogen and oxygen atoms in total. The smallest absolute Gasteiger partial charge is 0.325 e. The topological polar surface area (TPSA) is 78.5 Å². The van der Waals surface area contributed by atoms with Crippen LogP contribution < -0.4 is 10.6 Å². The average molecular weight is 430 g/mol. The van der Waals surface area contributed by atoms with Crippen molar-refractivity contribution in [2.75, 3.05) is 11.9 Å². The molecule has 0 radical (unpaired) electrons. The zero-order valence-electron chi connectivity index (χ0n) is 15.3. The summed E-state index contributed by atoms with van der Waals surface area (Å²) in [5.41, 5.74) is 2.13. The van der Waals surface area contributed by atoms with Gasteiger partial charge in [0, 0.05) is 10.2 Å². The van der Waals surface area contributed by atoms with Gasteiger partial charge in [0.15, 0.2) is 0 Å². The van der Waals surface area contributed by atoms with Crippen LogP contribution in [-0.2, 0) is 15.1 Å². The summed E-state index contributed by atoms with van der Waals surface area (Å²) < 4.78 is 0.934. The van der Waals surface area contributed by atoms with Crippen LogP contribution in [0.25, 0.3) is 0 Å². The van der Waals surface area contributed by atoms with Crippen molar-refractivity contribution in [3.8, 4) is 0 Å². The van der Waals surface area contributed by atoms with Crippen LogP contribution in [0.5, 0.6) is 0 Å². The zero-order valence-corrected chi connectivity index (χ0v) is 16.9. The minimum absolute atomic E-state index is 0.346. The molecule has 1 unspecified atom stereocenters. The Morgan fingerprint density at radius 1 is 1.15 bits per heavy atom. The van der Waals surface area contributed by atoms with Crippen molar-refractivity contribution in [3.63, 3.8) is 0 Å². The normalized spacial score (nSPS) is 19.2. The molecule has 2 aromatic carbocycles. The van der Waals surface area contributed by atoms with Crippen molar-refractivity contribution < 1.29 is 14.4 Å². The van der Waals surface area contributed by atoms with Crippen molar-refractivity contribution >= 4 is 39.5 Å². The number of hydrogen-bond donors (Lipinski definition) is 2. The number of carbonyl (C=O) groups is 3. The van der Waals surface area contributed by atoms with Gasteiger partial charge in [0.1, 0.15) is 12.1 Å². The van der Waals surface area contributed by atoms with Gasteiger partial charge in [-0.05, 0) is 50.1 Å². The summed E-state index contributed by atoms with van der Waals surface area (Å²) in [6.07, 6.45) is 0. The predicted molar refractivity (Wildman–Crippen MR) is 106 cm³/mol. The fraction of sp³-hybridized carbons (Fsp3) is 0.250. The number of nitrogens with zero attached hydrogens (tertiary/aromatic N) is 1. The van der Waals surface area contributed by atoms with Crippen LogP contribution in [0.1, 0.15) is 23.6 Å². The van der Waals surface area contributed by atoms with Gasteiger partial charge in [-0.25, -0.2) is 4.79 Å². The summed E-state index contributed by atoms with van der Waals surface area (Å²) in [6.45, 7) is 5.15. The Morgan fingerprint density at radius 3 is 2.44 bits per heavy atom. The summed E-state index contributed by atoms with van der Waals surface area (Å²) in [5.74, 6) is -0.883. The van der Waals surface area contributed by atoms with Gasteiger partial charge in [-0.2, -0.15) is 0 Å². The second-order valence-corrected chi connectivity index (χ2v) is 7.68. The van der Waals surface area contributed by atoms with E-state index in [0.29, 0.717) is 11.3 Å². The summed E-state index contributed by atoms with van der Waals surface area (Å²) in [6, 6.07) is 12.2. The van der Waals surface area contributed by atoms with Crippen molar-refractivity contribution in [2.45, 2.75) is 26.3 Å². The Morgan fingerprint density at radius 2 is 1.81 bits per heavy atom. The number of carbonyl (C=O) groups excluding carboxylic acids is 3. The van der Waals surface area contributed by atoms with Crippen LogP contribution in [0.3, 0.4) is 0 Å². The maximum Gasteiger partial charge on any atom is 0.325 e. The molecule has 1 heterocycles. The summed E-state index contributed by atoms with van der Waals surface area (Å²) >= 11 is 3.40. The van der Waals surface area contributed by atoms with Gasteiger partial charge < -0.3 is 10.6 Å². The van der Waals surface area contributed by atoms with E-state index in [-0.39, 0.29) is 6.54 Å². The Labute approximate surface area is 166 Å². The molecule has 0 bridgehead atoms. The molecular weight excluding hydrogens is 410 g/mol. The molecule has 1 atom stereocenters. The molecule has 1 aliphatic heterocycles. The van der Waals surface area contributed by atoms with Crippen LogP contribution >= 0.6 is 15.9 Å². The van der Waals surface area contributed by atoms with E-state index in [0.717, 1.165) is 20.5 Å². The molecule has 0 aliphatic carbocycles. The lowest BCUT2D eigenvalue weighted by Gasteiger charge is -2.22. The molecule has 1 saturated heterocycles. The van der Waals surface area contributed by atoms with E-state index < -0.39 is 23.4 Å².